The molecule has 0 aliphatic heterocycles. The lowest BCUT2D eigenvalue weighted by Gasteiger charge is -2.12. The molecular formula is C21H17BrN4O2. The highest BCUT2D eigenvalue weighted by molar-refractivity contribution is 9.10. The van der Waals surface area contributed by atoms with Gasteiger partial charge in [0.05, 0.1) is 11.9 Å². The van der Waals surface area contributed by atoms with E-state index in [2.05, 4.69) is 36.5 Å². The Balaban J connectivity index is 1.55. The summed E-state index contributed by atoms with van der Waals surface area (Å²) in [5, 5.41) is 5.66. The number of hydrogen-bond acceptors (Lipinski definition) is 4. The first-order valence-electron chi connectivity index (χ1n) is 8.88. The van der Waals surface area contributed by atoms with E-state index in [-0.39, 0.29) is 17.7 Å². The lowest BCUT2D eigenvalue weighted by atomic mass is 10.1. The SMILES string of the molecule is O=C(Nc1cnccc1-c1cccc(Br)c1)c1ccnc(NC(=O)C2CC2)c1. The number of nitrogens with one attached hydrogen (secondary N) is 2. The van der Waals surface area contributed by atoms with Gasteiger partial charge in [-0.2, -0.15) is 0 Å². The number of aromatic nitrogens is 2. The lowest BCUT2D eigenvalue weighted by Crippen LogP contribution is -2.16. The highest BCUT2D eigenvalue weighted by atomic mass is 79.9. The molecule has 2 heterocycles. The van der Waals surface area contributed by atoms with Crippen molar-refractivity contribution >= 4 is 39.2 Å². The van der Waals surface area contributed by atoms with Gasteiger partial charge in [-0.3, -0.25) is 14.6 Å². The molecular weight excluding hydrogens is 420 g/mol. The van der Waals surface area contributed by atoms with Crippen molar-refractivity contribution in [1.82, 2.24) is 9.97 Å². The van der Waals surface area contributed by atoms with E-state index in [9.17, 15) is 9.59 Å². The van der Waals surface area contributed by atoms with Crippen LogP contribution >= 0.6 is 15.9 Å². The topological polar surface area (TPSA) is 84.0 Å². The maximum absolute atomic E-state index is 12.8. The second-order valence-corrected chi connectivity index (χ2v) is 7.49. The van der Waals surface area contributed by atoms with E-state index in [1.165, 1.54) is 6.20 Å². The Hall–Kier alpha value is -3.06. The van der Waals surface area contributed by atoms with E-state index < -0.39 is 0 Å². The van der Waals surface area contributed by atoms with E-state index >= 15 is 0 Å². The first-order chi connectivity index (χ1) is 13.6. The number of anilines is 2. The zero-order valence-corrected chi connectivity index (χ0v) is 16.4. The number of halogens is 1. The molecule has 0 spiro atoms. The predicted molar refractivity (Wildman–Crippen MR) is 111 cm³/mol. The number of hydrogen-bond donors (Lipinski definition) is 2. The fourth-order valence-corrected chi connectivity index (χ4v) is 3.21. The smallest absolute Gasteiger partial charge is 0.255 e. The minimum absolute atomic E-state index is 0.0470. The van der Waals surface area contributed by atoms with Crippen LogP contribution in [-0.2, 0) is 4.79 Å². The van der Waals surface area contributed by atoms with Crippen molar-refractivity contribution < 1.29 is 9.59 Å². The van der Waals surface area contributed by atoms with Gasteiger partial charge < -0.3 is 10.6 Å². The summed E-state index contributed by atoms with van der Waals surface area (Å²) in [5.74, 6) is 0.105. The van der Waals surface area contributed by atoms with E-state index in [0.29, 0.717) is 17.1 Å². The Morgan fingerprint density at radius 2 is 1.89 bits per heavy atom. The first kappa shape index (κ1) is 18.3. The monoisotopic (exact) mass is 436 g/mol. The summed E-state index contributed by atoms with van der Waals surface area (Å²) in [6.45, 7) is 0. The quantitative estimate of drug-likeness (QED) is 0.616. The molecule has 2 amide bonds. The molecule has 140 valence electrons. The zero-order valence-electron chi connectivity index (χ0n) is 14.9. The molecule has 0 unspecified atom stereocenters. The minimum atomic E-state index is -0.298. The minimum Gasteiger partial charge on any atom is -0.320 e. The predicted octanol–water partition coefficient (Wildman–Crippen LogP) is 4.51. The summed E-state index contributed by atoms with van der Waals surface area (Å²) >= 11 is 3.47. The summed E-state index contributed by atoms with van der Waals surface area (Å²) in [7, 11) is 0. The third-order valence-corrected chi connectivity index (χ3v) is 4.92. The molecule has 0 bridgehead atoms. The lowest BCUT2D eigenvalue weighted by molar-refractivity contribution is -0.117. The second kappa shape index (κ2) is 7.90. The number of nitrogens with zero attached hydrogens (tertiary/aromatic N) is 2. The standard InChI is InChI=1S/C21H17BrN4O2/c22-16-3-1-2-14(10-16)17-7-8-23-12-18(17)25-21(28)15-6-9-24-19(11-15)26-20(27)13-4-5-13/h1-3,6-13H,4-5H2,(H,25,28)(H,24,26,27). The molecule has 4 rings (SSSR count). The largest absolute Gasteiger partial charge is 0.320 e. The molecule has 2 N–H and O–H groups in total. The molecule has 1 fully saturated rings. The van der Waals surface area contributed by atoms with Gasteiger partial charge in [0.15, 0.2) is 0 Å². The molecule has 2 aromatic heterocycles. The van der Waals surface area contributed by atoms with Crippen LogP contribution < -0.4 is 10.6 Å². The van der Waals surface area contributed by atoms with E-state index in [1.54, 1.807) is 24.5 Å². The van der Waals surface area contributed by atoms with Crippen molar-refractivity contribution in [2.45, 2.75) is 12.8 Å². The Kier molecular flexibility index (Phi) is 5.16. The average molecular weight is 437 g/mol. The molecule has 1 aromatic carbocycles. The molecule has 7 heteroatoms. The van der Waals surface area contributed by atoms with Crippen LogP contribution in [0.25, 0.3) is 11.1 Å². The molecule has 3 aromatic rings. The maximum Gasteiger partial charge on any atom is 0.255 e. The van der Waals surface area contributed by atoms with Crippen molar-refractivity contribution in [3.8, 4) is 11.1 Å². The number of carbonyl (C=O) groups excluding carboxylic acids is 2. The molecule has 6 nitrogen and oxygen atoms in total. The Labute approximate surface area is 170 Å². The third kappa shape index (κ3) is 4.26. The Bertz CT molecular complexity index is 1050. The Morgan fingerprint density at radius 1 is 1.04 bits per heavy atom. The highest BCUT2D eigenvalue weighted by Gasteiger charge is 2.29. The van der Waals surface area contributed by atoms with Gasteiger partial charge in [-0.25, -0.2) is 4.98 Å². The fraction of sp³-hybridized carbons (Fsp3) is 0.143. The highest BCUT2D eigenvalue weighted by Crippen LogP contribution is 2.31. The van der Waals surface area contributed by atoms with Gasteiger partial charge in [-0.1, -0.05) is 28.1 Å². The summed E-state index contributed by atoms with van der Waals surface area (Å²) in [6.07, 6.45) is 6.63. The average Bonchev–Trinajstić information content (AvgIpc) is 3.54. The molecule has 1 aliphatic rings. The van der Waals surface area contributed by atoms with Crippen LogP contribution in [0.3, 0.4) is 0 Å². The van der Waals surface area contributed by atoms with E-state index in [4.69, 9.17) is 0 Å². The molecule has 1 aliphatic carbocycles. The summed E-state index contributed by atoms with van der Waals surface area (Å²) in [4.78, 5) is 32.9. The van der Waals surface area contributed by atoms with Gasteiger partial charge in [0, 0.05) is 33.9 Å². The fourth-order valence-electron chi connectivity index (χ4n) is 2.81. The van der Waals surface area contributed by atoms with Crippen LogP contribution in [-0.4, -0.2) is 21.8 Å². The van der Waals surface area contributed by atoms with Gasteiger partial charge in [0.2, 0.25) is 5.91 Å². The van der Waals surface area contributed by atoms with Crippen molar-refractivity contribution in [2.75, 3.05) is 10.6 Å². The number of pyridine rings is 2. The van der Waals surface area contributed by atoms with Gasteiger partial charge in [-0.15, -0.1) is 0 Å². The third-order valence-electron chi connectivity index (χ3n) is 4.43. The summed E-state index contributed by atoms with van der Waals surface area (Å²) in [6, 6.07) is 12.9. The van der Waals surface area contributed by atoms with Crippen molar-refractivity contribution in [1.29, 1.82) is 0 Å². The van der Waals surface area contributed by atoms with Crippen LogP contribution in [0.5, 0.6) is 0 Å². The van der Waals surface area contributed by atoms with Crippen molar-refractivity contribution in [3.63, 3.8) is 0 Å². The summed E-state index contributed by atoms with van der Waals surface area (Å²) < 4.78 is 0.948. The van der Waals surface area contributed by atoms with Crippen molar-refractivity contribution in [2.24, 2.45) is 5.92 Å². The molecule has 0 saturated heterocycles. The number of carbonyl (C=O) groups is 2. The van der Waals surface area contributed by atoms with E-state index in [1.807, 2.05) is 30.3 Å². The van der Waals surface area contributed by atoms with Gasteiger partial charge in [-0.05, 0) is 48.7 Å². The van der Waals surface area contributed by atoms with Gasteiger partial charge >= 0.3 is 0 Å². The number of rotatable bonds is 5. The van der Waals surface area contributed by atoms with Crippen LogP contribution in [0.2, 0.25) is 0 Å². The van der Waals surface area contributed by atoms with E-state index in [0.717, 1.165) is 28.4 Å². The van der Waals surface area contributed by atoms with Crippen LogP contribution in [0.4, 0.5) is 11.5 Å². The van der Waals surface area contributed by atoms with Crippen molar-refractivity contribution in [3.05, 3.63) is 71.1 Å². The van der Waals surface area contributed by atoms with Crippen LogP contribution in [0.1, 0.15) is 23.2 Å². The molecule has 0 atom stereocenters. The number of benzene rings is 1. The summed E-state index contributed by atoms with van der Waals surface area (Å²) in [5.41, 5.74) is 2.83. The molecule has 0 radical (unpaired) electrons. The zero-order chi connectivity index (χ0) is 19.5. The normalized spacial score (nSPS) is 13.0. The Morgan fingerprint density at radius 3 is 2.68 bits per heavy atom. The van der Waals surface area contributed by atoms with Crippen LogP contribution in [0.15, 0.2) is 65.5 Å². The maximum atomic E-state index is 12.8. The molecule has 28 heavy (non-hydrogen) atoms. The first-order valence-corrected chi connectivity index (χ1v) is 9.68. The van der Waals surface area contributed by atoms with Gasteiger partial charge in [0.25, 0.3) is 5.91 Å². The number of amides is 2. The second-order valence-electron chi connectivity index (χ2n) is 6.58. The molecule has 1 saturated carbocycles. The van der Waals surface area contributed by atoms with Gasteiger partial charge in [0.1, 0.15) is 5.82 Å². The van der Waals surface area contributed by atoms with Crippen LogP contribution in [0, 0.1) is 5.92 Å².